The van der Waals surface area contributed by atoms with Gasteiger partial charge in [0.15, 0.2) is 0 Å². The van der Waals surface area contributed by atoms with E-state index in [-0.39, 0.29) is 36.4 Å². The van der Waals surface area contributed by atoms with Crippen LogP contribution in [-0.4, -0.2) is 103 Å². The molecule has 2 aromatic carbocycles. The largest absolute Gasteiger partial charge is 0.508 e. The molecule has 2 atom stereocenters. The van der Waals surface area contributed by atoms with Crippen molar-refractivity contribution in [1.82, 2.24) is 14.7 Å². The fourth-order valence-electron chi connectivity index (χ4n) is 5.76. The first-order valence-electron chi connectivity index (χ1n) is 14.4. The van der Waals surface area contributed by atoms with E-state index in [0.29, 0.717) is 69.2 Å². The molecule has 2 fully saturated rings. The number of benzene rings is 2. The first-order chi connectivity index (χ1) is 20.5. The Balaban J connectivity index is 1.58. The Morgan fingerprint density at radius 1 is 1.00 bits per heavy atom. The molecule has 0 aromatic heterocycles. The standard InChI is InChI=1S/C31H39F6N3O4/c1-20-5-6-21(12-27(20)41)11-25-16-38(7-9-39-17-26(18-43-4)44-19-29(39,2)3)8-10-40(25)28(42)22-13-23(30(32,33)34)15-24(14-22)31(35,36)37/h5-6,12-15,25-26,41H,7-11,16-19H2,1-4H3/t25?,26-/m0/s1. The number of ether oxygens (including phenoxy) is 2. The van der Waals surface area contributed by atoms with Crippen molar-refractivity contribution in [3.63, 3.8) is 0 Å². The van der Waals surface area contributed by atoms with Crippen LogP contribution in [0.4, 0.5) is 26.3 Å². The summed E-state index contributed by atoms with van der Waals surface area (Å²) in [4.78, 5) is 19.5. The Hall–Kier alpha value is -2.87. The van der Waals surface area contributed by atoms with Gasteiger partial charge in [0.2, 0.25) is 0 Å². The minimum absolute atomic E-state index is 0.0194. The average molecular weight is 632 g/mol. The molecule has 2 saturated heterocycles. The van der Waals surface area contributed by atoms with Gasteiger partial charge in [-0.2, -0.15) is 26.3 Å². The Morgan fingerprint density at radius 3 is 2.25 bits per heavy atom. The number of halogens is 6. The van der Waals surface area contributed by atoms with Crippen molar-refractivity contribution in [2.75, 3.05) is 59.6 Å². The SMILES string of the molecule is COC[C@@H]1CN(CCN2CCN(C(=O)c3cc(C(F)(F)F)cc(C(F)(F)F)c3)C(Cc3ccc(C)c(O)c3)C2)C(C)(C)CO1. The molecule has 44 heavy (non-hydrogen) atoms. The van der Waals surface area contributed by atoms with Gasteiger partial charge >= 0.3 is 12.4 Å². The van der Waals surface area contributed by atoms with Crippen molar-refractivity contribution < 1.29 is 45.7 Å². The van der Waals surface area contributed by atoms with E-state index in [2.05, 4.69) is 23.6 Å². The predicted molar refractivity (Wildman–Crippen MR) is 152 cm³/mol. The number of phenolic OH excluding ortho intramolecular Hbond substituents is 1. The lowest BCUT2D eigenvalue weighted by molar-refractivity contribution is -0.143. The van der Waals surface area contributed by atoms with Crippen LogP contribution in [0, 0.1) is 6.92 Å². The molecule has 1 N–H and O–H groups in total. The van der Waals surface area contributed by atoms with E-state index in [9.17, 15) is 36.2 Å². The van der Waals surface area contributed by atoms with Crippen molar-refractivity contribution in [3.8, 4) is 5.75 Å². The van der Waals surface area contributed by atoms with Gasteiger partial charge in [0.25, 0.3) is 5.91 Å². The van der Waals surface area contributed by atoms with Crippen molar-refractivity contribution in [3.05, 3.63) is 64.2 Å². The number of morpholine rings is 1. The summed E-state index contributed by atoms with van der Waals surface area (Å²) in [6.45, 7) is 9.72. The van der Waals surface area contributed by atoms with Gasteiger partial charge in [0.05, 0.1) is 30.4 Å². The summed E-state index contributed by atoms with van der Waals surface area (Å²) < 4.78 is 92.4. The van der Waals surface area contributed by atoms with Crippen LogP contribution in [0.1, 0.15) is 46.5 Å². The minimum atomic E-state index is -5.07. The maximum Gasteiger partial charge on any atom is 0.416 e. The van der Waals surface area contributed by atoms with Crippen LogP contribution in [0.25, 0.3) is 0 Å². The van der Waals surface area contributed by atoms with E-state index in [4.69, 9.17) is 9.47 Å². The molecular formula is C31H39F6N3O4. The van der Waals surface area contributed by atoms with E-state index >= 15 is 0 Å². The summed E-state index contributed by atoms with van der Waals surface area (Å²) in [5, 5.41) is 10.3. The number of carbonyl (C=O) groups is 1. The number of carbonyl (C=O) groups excluding carboxylic acids is 1. The molecule has 13 heteroatoms. The number of rotatable bonds is 8. The maximum absolute atomic E-state index is 13.7. The summed E-state index contributed by atoms with van der Waals surface area (Å²) >= 11 is 0. The molecule has 2 aliphatic rings. The van der Waals surface area contributed by atoms with E-state index in [1.165, 1.54) is 4.90 Å². The summed E-state index contributed by atoms with van der Waals surface area (Å²) in [5.41, 5.74) is -2.62. The first kappa shape index (κ1) is 34.0. The van der Waals surface area contributed by atoms with Gasteiger partial charge in [-0.3, -0.25) is 14.6 Å². The summed E-state index contributed by atoms with van der Waals surface area (Å²) in [7, 11) is 1.62. The number of alkyl halides is 6. The molecule has 0 aliphatic carbocycles. The fraction of sp³-hybridized carbons (Fsp3) is 0.581. The quantitative estimate of drug-likeness (QED) is 0.403. The average Bonchev–Trinajstić information content (AvgIpc) is 2.94. The Bertz CT molecular complexity index is 1280. The molecule has 7 nitrogen and oxygen atoms in total. The van der Waals surface area contributed by atoms with Crippen LogP contribution in [0.5, 0.6) is 5.75 Å². The summed E-state index contributed by atoms with van der Waals surface area (Å²) in [6, 6.07) is 5.48. The minimum Gasteiger partial charge on any atom is -0.508 e. The summed E-state index contributed by atoms with van der Waals surface area (Å²) in [6.07, 6.45) is -9.95. The fourth-order valence-corrected chi connectivity index (χ4v) is 5.76. The van der Waals surface area contributed by atoms with Crippen molar-refractivity contribution >= 4 is 5.91 Å². The second kappa shape index (κ2) is 13.2. The van der Waals surface area contributed by atoms with Crippen LogP contribution in [0.15, 0.2) is 36.4 Å². The molecule has 1 amide bonds. The number of piperazine rings is 1. The zero-order valence-corrected chi connectivity index (χ0v) is 25.3. The van der Waals surface area contributed by atoms with Gasteiger partial charge in [0.1, 0.15) is 5.75 Å². The zero-order chi connectivity index (χ0) is 32.4. The number of nitrogens with zero attached hydrogens (tertiary/aromatic N) is 3. The van der Waals surface area contributed by atoms with E-state index < -0.39 is 41.0 Å². The molecule has 0 spiro atoms. The highest BCUT2D eigenvalue weighted by Crippen LogP contribution is 2.37. The van der Waals surface area contributed by atoms with Gasteiger partial charge in [-0.1, -0.05) is 12.1 Å². The lowest BCUT2D eigenvalue weighted by atomic mass is 9.98. The monoisotopic (exact) mass is 631 g/mol. The third-order valence-electron chi connectivity index (χ3n) is 8.40. The summed E-state index contributed by atoms with van der Waals surface area (Å²) in [5.74, 6) is -0.847. The lowest BCUT2D eigenvalue weighted by Gasteiger charge is -2.47. The molecule has 2 heterocycles. The number of phenols is 1. The second-order valence-electron chi connectivity index (χ2n) is 12.2. The third kappa shape index (κ3) is 8.23. The molecule has 2 aliphatic heterocycles. The Kier molecular flexibility index (Phi) is 10.2. The van der Waals surface area contributed by atoms with Gasteiger partial charge in [-0.15, -0.1) is 0 Å². The maximum atomic E-state index is 13.7. The highest BCUT2D eigenvalue weighted by atomic mass is 19.4. The van der Waals surface area contributed by atoms with Crippen molar-refractivity contribution in [1.29, 1.82) is 0 Å². The van der Waals surface area contributed by atoms with Crippen molar-refractivity contribution in [2.45, 2.75) is 57.2 Å². The number of hydrogen-bond acceptors (Lipinski definition) is 6. The van der Waals surface area contributed by atoms with Crippen molar-refractivity contribution in [2.24, 2.45) is 0 Å². The number of aryl methyl sites for hydroxylation is 1. The Labute approximate surface area is 253 Å². The molecule has 0 radical (unpaired) electrons. The van der Waals surface area contributed by atoms with E-state index in [1.54, 1.807) is 32.2 Å². The molecule has 4 rings (SSSR count). The Morgan fingerprint density at radius 2 is 1.66 bits per heavy atom. The number of methoxy groups -OCH3 is 1. The molecular weight excluding hydrogens is 592 g/mol. The highest BCUT2D eigenvalue weighted by Gasteiger charge is 2.40. The van der Waals surface area contributed by atoms with Gasteiger partial charge < -0.3 is 19.5 Å². The number of amides is 1. The van der Waals surface area contributed by atoms with Crippen LogP contribution in [0.3, 0.4) is 0 Å². The van der Waals surface area contributed by atoms with E-state index in [1.807, 2.05) is 0 Å². The van der Waals surface area contributed by atoms with Gasteiger partial charge in [-0.05, 0) is 62.6 Å². The first-order valence-corrected chi connectivity index (χ1v) is 14.4. The van der Waals surface area contributed by atoms with Crippen LogP contribution in [-0.2, 0) is 28.2 Å². The lowest BCUT2D eigenvalue weighted by Crippen LogP contribution is -2.60. The van der Waals surface area contributed by atoms with Crippen LogP contribution >= 0.6 is 0 Å². The highest BCUT2D eigenvalue weighted by molar-refractivity contribution is 5.95. The molecule has 244 valence electrons. The topological polar surface area (TPSA) is 65.5 Å². The predicted octanol–water partition coefficient (Wildman–Crippen LogP) is 5.23. The molecule has 0 bridgehead atoms. The smallest absolute Gasteiger partial charge is 0.416 e. The van der Waals surface area contributed by atoms with Crippen LogP contribution < -0.4 is 0 Å². The number of aromatic hydroxyl groups is 1. The van der Waals surface area contributed by atoms with Gasteiger partial charge in [0, 0.05) is 63.5 Å². The molecule has 2 aromatic rings. The molecule has 0 saturated carbocycles. The number of hydrogen-bond donors (Lipinski definition) is 1. The molecule has 1 unspecified atom stereocenters. The van der Waals surface area contributed by atoms with Gasteiger partial charge in [-0.25, -0.2) is 0 Å². The van der Waals surface area contributed by atoms with Crippen LogP contribution in [0.2, 0.25) is 0 Å². The normalized spacial score (nSPS) is 21.9. The zero-order valence-electron chi connectivity index (χ0n) is 25.3. The van der Waals surface area contributed by atoms with E-state index in [0.717, 1.165) is 0 Å². The second-order valence-corrected chi connectivity index (χ2v) is 12.2. The third-order valence-corrected chi connectivity index (χ3v) is 8.40.